The number of aromatic nitrogens is 2. The topological polar surface area (TPSA) is 104 Å². The van der Waals surface area contributed by atoms with Crippen molar-refractivity contribution in [3.8, 4) is 11.4 Å². The average molecular weight is 443 g/mol. The van der Waals surface area contributed by atoms with Crippen molar-refractivity contribution in [1.82, 2.24) is 14.3 Å². The number of carbonyl (C=O) groups is 1. The van der Waals surface area contributed by atoms with Crippen molar-refractivity contribution in [3.05, 3.63) is 48.0 Å². The van der Waals surface area contributed by atoms with Crippen LogP contribution in [0.1, 0.15) is 18.4 Å². The molecule has 1 aromatic heterocycles. The number of hydrogen-bond acceptors (Lipinski definition) is 5. The van der Waals surface area contributed by atoms with E-state index in [1.807, 2.05) is 43.3 Å². The minimum Gasteiger partial charge on any atom is -0.368 e. The fourth-order valence-corrected chi connectivity index (χ4v) is 4.57. The molecule has 0 saturated carbocycles. The Bertz CT molecular complexity index is 1180. The van der Waals surface area contributed by atoms with E-state index in [-0.39, 0.29) is 18.6 Å². The maximum atomic E-state index is 12.2. The van der Waals surface area contributed by atoms with Crippen LogP contribution in [0, 0.1) is 6.92 Å². The number of imidazole rings is 1. The Labute approximate surface area is 181 Å². The zero-order valence-electron chi connectivity index (χ0n) is 17.6. The smallest absolute Gasteiger partial charge is 0.250 e. The van der Waals surface area contributed by atoms with E-state index in [2.05, 4.69) is 21.4 Å². The van der Waals surface area contributed by atoms with E-state index in [0.717, 1.165) is 22.4 Å². The van der Waals surface area contributed by atoms with Crippen LogP contribution < -0.4 is 5.32 Å². The Balaban J connectivity index is 1.29. The predicted octanol–water partition coefficient (Wildman–Crippen LogP) is 2.92. The number of H-pyrrole nitrogens is 1. The number of aryl methyl sites for hydroxylation is 1. The Kier molecular flexibility index (Phi) is 6.08. The highest BCUT2D eigenvalue weighted by Crippen LogP contribution is 2.23. The number of carbonyl (C=O) groups excluding carboxylic acids is 1. The SMILES string of the molecule is Cc1ccc2nc(-c3ccc(NC(=O)COC4CCN(S(C)(=O)=O)CC4)cc3)[nH]c2c1. The lowest BCUT2D eigenvalue weighted by Crippen LogP contribution is -2.40. The lowest BCUT2D eigenvalue weighted by Gasteiger charge is -2.29. The van der Waals surface area contributed by atoms with Crippen LogP contribution in [-0.2, 0) is 19.6 Å². The van der Waals surface area contributed by atoms with Crippen LogP contribution >= 0.6 is 0 Å². The summed E-state index contributed by atoms with van der Waals surface area (Å²) in [7, 11) is -3.16. The normalized spacial score (nSPS) is 15.9. The molecule has 31 heavy (non-hydrogen) atoms. The fourth-order valence-electron chi connectivity index (χ4n) is 3.69. The van der Waals surface area contributed by atoms with Gasteiger partial charge in [0.1, 0.15) is 12.4 Å². The second kappa shape index (κ2) is 8.78. The molecule has 8 nitrogen and oxygen atoms in total. The maximum Gasteiger partial charge on any atom is 0.250 e. The molecule has 0 aliphatic carbocycles. The highest BCUT2D eigenvalue weighted by Gasteiger charge is 2.25. The molecule has 3 aromatic rings. The summed E-state index contributed by atoms with van der Waals surface area (Å²) in [5.74, 6) is 0.541. The number of amides is 1. The molecule has 1 saturated heterocycles. The van der Waals surface area contributed by atoms with Crippen molar-refractivity contribution >= 4 is 32.7 Å². The number of piperidine rings is 1. The van der Waals surface area contributed by atoms with Gasteiger partial charge in [0.05, 0.1) is 23.4 Å². The molecule has 2 aromatic carbocycles. The van der Waals surface area contributed by atoms with Gasteiger partial charge in [-0.25, -0.2) is 17.7 Å². The largest absolute Gasteiger partial charge is 0.368 e. The molecule has 2 N–H and O–H groups in total. The minimum atomic E-state index is -3.16. The first-order chi connectivity index (χ1) is 14.8. The average Bonchev–Trinajstić information content (AvgIpc) is 3.15. The predicted molar refractivity (Wildman–Crippen MR) is 120 cm³/mol. The van der Waals surface area contributed by atoms with Gasteiger partial charge in [-0.3, -0.25) is 4.79 Å². The highest BCUT2D eigenvalue weighted by molar-refractivity contribution is 7.88. The number of nitrogens with one attached hydrogen (secondary N) is 2. The molecule has 0 radical (unpaired) electrons. The summed E-state index contributed by atoms with van der Waals surface area (Å²) in [6.45, 7) is 2.83. The summed E-state index contributed by atoms with van der Waals surface area (Å²) in [6.07, 6.45) is 2.28. The van der Waals surface area contributed by atoms with E-state index in [1.54, 1.807) is 0 Å². The molecular formula is C22H26N4O4S. The zero-order valence-corrected chi connectivity index (χ0v) is 18.4. The lowest BCUT2D eigenvalue weighted by molar-refractivity contribution is -0.123. The van der Waals surface area contributed by atoms with Crippen LogP contribution in [0.15, 0.2) is 42.5 Å². The summed E-state index contributed by atoms with van der Waals surface area (Å²) in [4.78, 5) is 20.2. The highest BCUT2D eigenvalue weighted by atomic mass is 32.2. The number of rotatable bonds is 6. The molecule has 1 fully saturated rings. The summed E-state index contributed by atoms with van der Waals surface area (Å²) in [6, 6.07) is 13.6. The van der Waals surface area contributed by atoms with E-state index in [1.165, 1.54) is 16.1 Å². The monoisotopic (exact) mass is 442 g/mol. The molecule has 4 rings (SSSR count). The van der Waals surface area contributed by atoms with Crippen molar-refractivity contribution in [2.24, 2.45) is 0 Å². The molecule has 0 spiro atoms. The number of fused-ring (bicyclic) bond motifs is 1. The molecule has 0 bridgehead atoms. The van der Waals surface area contributed by atoms with Crippen molar-refractivity contribution in [2.75, 3.05) is 31.3 Å². The van der Waals surface area contributed by atoms with E-state index in [9.17, 15) is 13.2 Å². The first-order valence-electron chi connectivity index (χ1n) is 10.2. The van der Waals surface area contributed by atoms with Crippen LogP contribution in [0.5, 0.6) is 0 Å². The lowest BCUT2D eigenvalue weighted by atomic mass is 10.1. The van der Waals surface area contributed by atoms with Gasteiger partial charge >= 0.3 is 0 Å². The van der Waals surface area contributed by atoms with Gasteiger partial charge in [-0.05, 0) is 61.7 Å². The van der Waals surface area contributed by atoms with E-state index < -0.39 is 10.0 Å². The van der Waals surface area contributed by atoms with Gasteiger partial charge in [0.25, 0.3) is 0 Å². The van der Waals surface area contributed by atoms with Gasteiger partial charge < -0.3 is 15.0 Å². The number of benzene rings is 2. The molecule has 0 atom stereocenters. The van der Waals surface area contributed by atoms with Gasteiger partial charge in [-0.1, -0.05) is 6.07 Å². The van der Waals surface area contributed by atoms with Gasteiger partial charge in [-0.15, -0.1) is 0 Å². The van der Waals surface area contributed by atoms with Gasteiger partial charge in [-0.2, -0.15) is 0 Å². The van der Waals surface area contributed by atoms with Crippen molar-refractivity contribution in [3.63, 3.8) is 0 Å². The Morgan fingerprint density at radius 1 is 1.19 bits per heavy atom. The quantitative estimate of drug-likeness (QED) is 0.611. The van der Waals surface area contributed by atoms with Gasteiger partial charge in [0.15, 0.2) is 0 Å². The Morgan fingerprint density at radius 3 is 2.58 bits per heavy atom. The number of sulfonamides is 1. The Morgan fingerprint density at radius 2 is 1.90 bits per heavy atom. The van der Waals surface area contributed by atoms with Crippen molar-refractivity contribution in [1.29, 1.82) is 0 Å². The van der Waals surface area contributed by atoms with Crippen LogP contribution in [0.3, 0.4) is 0 Å². The number of anilines is 1. The number of nitrogens with zero attached hydrogens (tertiary/aromatic N) is 2. The summed E-state index contributed by atoms with van der Waals surface area (Å²) < 4.78 is 30.2. The molecule has 1 amide bonds. The van der Waals surface area contributed by atoms with Crippen LogP contribution in [0.25, 0.3) is 22.4 Å². The second-order valence-corrected chi connectivity index (χ2v) is 9.89. The van der Waals surface area contributed by atoms with Crippen molar-refractivity contribution in [2.45, 2.75) is 25.9 Å². The third-order valence-electron chi connectivity index (χ3n) is 5.40. The van der Waals surface area contributed by atoms with Crippen LogP contribution in [-0.4, -0.2) is 60.7 Å². The summed E-state index contributed by atoms with van der Waals surface area (Å²) in [5, 5.41) is 2.83. The number of ether oxygens (including phenoxy) is 1. The van der Waals surface area contributed by atoms with Gasteiger partial charge in [0.2, 0.25) is 15.9 Å². The maximum absolute atomic E-state index is 12.2. The van der Waals surface area contributed by atoms with Gasteiger partial charge in [0, 0.05) is 24.3 Å². The van der Waals surface area contributed by atoms with E-state index in [4.69, 9.17) is 4.74 Å². The van der Waals surface area contributed by atoms with E-state index >= 15 is 0 Å². The third-order valence-corrected chi connectivity index (χ3v) is 6.70. The molecular weight excluding hydrogens is 416 g/mol. The molecule has 1 aliphatic heterocycles. The molecule has 9 heteroatoms. The van der Waals surface area contributed by atoms with Crippen LogP contribution in [0.4, 0.5) is 5.69 Å². The summed E-state index contributed by atoms with van der Waals surface area (Å²) >= 11 is 0. The third kappa shape index (κ3) is 5.30. The van der Waals surface area contributed by atoms with Crippen LogP contribution in [0.2, 0.25) is 0 Å². The molecule has 164 valence electrons. The second-order valence-electron chi connectivity index (χ2n) is 7.90. The first kappa shape index (κ1) is 21.5. The fraction of sp³-hybridized carbons (Fsp3) is 0.364. The minimum absolute atomic E-state index is 0.0613. The zero-order chi connectivity index (χ0) is 22.0. The van der Waals surface area contributed by atoms with Crippen molar-refractivity contribution < 1.29 is 17.9 Å². The first-order valence-corrected chi connectivity index (χ1v) is 12.1. The number of aromatic amines is 1. The molecule has 0 unspecified atom stereocenters. The molecule has 2 heterocycles. The molecule has 1 aliphatic rings. The Hall–Kier alpha value is -2.75. The standard InChI is InChI=1S/C22H26N4O4S/c1-15-3-8-19-20(13-15)25-22(24-19)16-4-6-17(7-5-16)23-21(27)14-30-18-9-11-26(12-10-18)31(2,28)29/h3-8,13,18H,9-12,14H2,1-2H3,(H,23,27)(H,24,25). The summed E-state index contributed by atoms with van der Waals surface area (Å²) in [5.41, 5.74) is 4.69. The van der Waals surface area contributed by atoms with E-state index in [0.29, 0.717) is 31.6 Å². The number of hydrogen-bond donors (Lipinski definition) is 2.